The first-order valence-corrected chi connectivity index (χ1v) is 7.82. The minimum absolute atomic E-state index is 0.0148. The molecule has 0 spiro atoms. The van der Waals surface area contributed by atoms with Crippen molar-refractivity contribution in [2.24, 2.45) is 0 Å². The minimum atomic E-state index is -0.254. The third-order valence-corrected chi connectivity index (χ3v) is 3.69. The molecule has 2 N–H and O–H groups in total. The van der Waals surface area contributed by atoms with Gasteiger partial charge in [-0.2, -0.15) is 0 Å². The van der Waals surface area contributed by atoms with E-state index in [1.807, 2.05) is 39.2 Å². The van der Waals surface area contributed by atoms with Crippen LogP contribution in [0, 0.1) is 0 Å². The molecule has 4 nitrogen and oxygen atoms in total. The number of aromatic hydroxyl groups is 1. The highest BCUT2D eigenvalue weighted by Crippen LogP contribution is 2.19. The molecule has 0 unspecified atom stereocenters. The van der Waals surface area contributed by atoms with Gasteiger partial charge in [-0.1, -0.05) is 37.3 Å². The van der Waals surface area contributed by atoms with Crippen molar-refractivity contribution in [2.45, 2.75) is 26.4 Å². The number of rotatable bonds is 6. The first-order chi connectivity index (χ1) is 11.0. The Morgan fingerprint density at radius 3 is 2.26 bits per heavy atom. The fraction of sp³-hybridized carbons (Fsp3) is 0.316. The molecule has 2 rings (SSSR count). The van der Waals surface area contributed by atoms with Gasteiger partial charge >= 0.3 is 0 Å². The summed E-state index contributed by atoms with van der Waals surface area (Å²) in [5.41, 5.74) is 3.62. The first-order valence-electron chi connectivity index (χ1n) is 7.82. The van der Waals surface area contributed by atoms with Gasteiger partial charge in [0.25, 0.3) is 5.91 Å². The highest BCUT2D eigenvalue weighted by molar-refractivity contribution is 5.96. The van der Waals surface area contributed by atoms with Crippen LogP contribution in [-0.2, 0) is 19.5 Å². The summed E-state index contributed by atoms with van der Waals surface area (Å²) in [6.45, 7) is 3.35. The molecule has 1 amide bonds. The Morgan fingerprint density at radius 2 is 1.65 bits per heavy atom. The molecule has 0 saturated heterocycles. The summed E-state index contributed by atoms with van der Waals surface area (Å²) < 4.78 is 0. The first kappa shape index (κ1) is 17.0. The van der Waals surface area contributed by atoms with Gasteiger partial charge in [0.2, 0.25) is 0 Å². The van der Waals surface area contributed by atoms with E-state index in [2.05, 4.69) is 22.3 Å². The molecule has 0 bridgehead atoms. The summed E-state index contributed by atoms with van der Waals surface area (Å²) in [7, 11) is 4.07. The molecule has 0 aliphatic carbocycles. The Balaban J connectivity index is 1.99. The van der Waals surface area contributed by atoms with Gasteiger partial charge in [-0.3, -0.25) is 4.79 Å². The number of hydrogen-bond acceptors (Lipinski definition) is 3. The Morgan fingerprint density at radius 1 is 1.04 bits per heavy atom. The molecule has 23 heavy (non-hydrogen) atoms. The summed E-state index contributed by atoms with van der Waals surface area (Å²) in [5.74, 6) is -0.240. The molecule has 0 radical (unpaired) electrons. The molecule has 2 aromatic rings. The van der Waals surface area contributed by atoms with Crippen molar-refractivity contribution >= 4 is 5.91 Å². The molecular weight excluding hydrogens is 288 g/mol. The molecule has 2 aromatic carbocycles. The van der Waals surface area contributed by atoms with Crippen LogP contribution in [0.4, 0.5) is 0 Å². The van der Waals surface area contributed by atoms with Crippen molar-refractivity contribution in [1.82, 2.24) is 10.2 Å². The predicted molar refractivity (Wildman–Crippen MR) is 92.5 cm³/mol. The second-order valence-corrected chi connectivity index (χ2v) is 5.94. The SMILES string of the molecule is CCc1ccc(O)c(C(=O)NCc2ccc(CN(C)C)cc2)c1. The molecule has 4 heteroatoms. The number of carbonyl (C=O) groups excluding carboxylic acids is 1. The van der Waals surface area contributed by atoms with Crippen molar-refractivity contribution in [3.63, 3.8) is 0 Å². The largest absolute Gasteiger partial charge is 0.507 e. The number of benzene rings is 2. The molecule has 0 aliphatic rings. The quantitative estimate of drug-likeness (QED) is 0.862. The average Bonchev–Trinajstić information content (AvgIpc) is 2.54. The highest BCUT2D eigenvalue weighted by atomic mass is 16.3. The third-order valence-electron chi connectivity index (χ3n) is 3.69. The van der Waals surface area contributed by atoms with E-state index in [1.54, 1.807) is 12.1 Å². The van der Waals surface area contributed by atoms with Crippen LogP contribution in [0.15, 0.2) is 42.5 Å². The van der Waals surface area contributed by atoms with Crippen LogP contribution >= 0.6 is 0 Å². The summed E-state index contributed by atoms with van der Waals surface area (Å²) in [6.07, 6.45) is 0.827. The number of hydrogen-bond donors (Lipinski definition) is 2. The van der Waals surface area contributed by atoms with Gasteiger partial charge in [0.05, 0.1) is 5.56 Å². The Labute approximate surface area is 137 Å². The van der Waals surface area contributed by atoms with E-state index >= 15 is 0 Å². The van der Waals surface area contributed by atoms with E-state index in [9.17, 15) is 9.90 Å². The van der Waals surface area contributed by atoms with Crippen molar-refractivity contribution in [3.05, 3.63) is 64.7 Å². The van der Waals surface area contributed by atoms with Gasteiger partial charge in [-0.05, 0) is 49.3 Å². The zero-order valence-corrected chi connectivity index (χ0v) is 14.0. The van der Waals surface area contributed by atoms with Crippen molar-refractivity contribution in [3.8, 4) is 5.75 Å². The molecule has 0 atom stereocenters. The Hall–Kier alpha value is -2.33. The smallest absolute Gasteiger partial charge is 0.255 e. The van der Waals surface area contributed by atoms with Crippen molar-refractivity contribution in [1.29, 1.82) is 0 Å². The normalized spacial score (nSPS) is 10.8. The maximum Gasteiger partial charge on any atom is 0.255 e. The molecule has 0 heterocycles. The van der Waals surface area contributed by atoms with Crippen LogP contribution in [0.25, 0.3) is 0 Å². The Kier molecular flexibility index (Phi) is 5.77. The van der Waals surface area contributed by atoms with E-state index in [1.165, 1.54) is 5.56 Å². The number of aryl methyl sites for hydroxylation is 1. The minimum Gasteiger partial charge on any atom is -0.507 e. The van der Waals surface area contributed by atoms with Gasteiger partial charge in [0.15, 0.2) is 0 Å². The van der Waals surface area contributed by atoms with Crippen LogP contribution in [0.3, 0.4) is 0 Å². The lowest BCUT2D eigenvalue weighted by Gasteiger charge is -2.11. The second-order valence-electron chi connectivity index (χ2n) is 5.94. The summed E-state index contributed by atoms with van der Waals surface area (Å²) in [5, 5.41) is 12.7. The van der Waals surface area contributed by atoms with E-state index in [0.29, 0.717) is 12.1 Å². The molecule has 0 aliphatic heterocycles. The lowest BCUT2D eigenvalue weighted by molar-refractivity contribution is 0.0948. The van der Waals surface area contributed by atoms with Crippen molar-refractivity contribution < 1.29 is 9.90 Å². The molecular formula is C19H24N2O2. The number of amides is 1. The summed E-state index contributed by atoms with van der Waals surface area (Å²) in [4.78, 5) is 14.4. The number of phenols is 1. The van der Waals surface area contributed by atoms with E-state index in [-0.39, 0.29) is 11.7 Å². The number of carbonyl (C=O) groups is 1. The van der Waals surface area contributed by atoms with Crippen LogP contribution in [-0.4, -0.2) is 30.0 Å². The maximum absolute atomic E-state index is 12.2. The third kappa shape index (κ3) is 4.83. The lowest BCUT2D eigenvalue weighted by Crippen LogP contribution is -2.23. The van der Waals surface area contributed by atoms with E-state index in [4.69, 9.17) is 0 Å². The molecule has 122 valence electrons. The summed E-state index contributed by atoms with van der Waals surface area (Å²) in [6, 6.07) is 13.3. The van der Waals surface area contributed by atoms with E-state index in [0.717, 1.165) is 24.1 Å². The molecule has 0 saturated carbocycles. The maximum atomic E-state index is 12.2. The number of nitrogens with zero attached hydrogens (tertiary/aromatic N) is 1. The van der Waals surface area contributed by atoms with Crippen LogP contribution in [0.1, 0.15) is 34.0 Å². The highest BCUT2D eigenvalue weighted by Gasteiger charge is 2.11. The van der Waals surface area contributed by atoms with Gasteiger partial charge in [-0.25, -0.2) is 0 Å². The monoisotopic (exact) mass is 312 g/mol. The number of phenolic OH excluding ortho intramolecular Hbond substituents is 1. The predicted octanol–water partition coefficient (Wildman–Crippen LogP) is 2.95. The zero-order valence-electron chi connectivity index (χ0n) is 14.0. The molecule has 0 fully saturated rings. The standard InChI is InChI=1S/C19H24N2O2/c1-4-14-9-10-18(22)17(11-14)19(23)20-12-15-5-7-16(8-6-15)13-21(2)3/h5-11,22H,4,12-13H2,1-3H3,(H,20,23). The fourth-order valence-corrected chi connectivity index (χ4v) is 2.39. The van der Waals surface area contributed by atoms with Gasteiger partial charge in [-0.15, -0.1) is 0 Å². The fourth-order valence-electron chi connectivity index (χ4n) is 2.39. The van der Waals surface area contributed by atoms with Gasteiger partial charge in [0.1, 0.15) is 5.75 Å². The van der Waals surface area contributed by atoms with Crippen LogP contribution < -0.4 is 5.32 Å². The lowest BCUT2D eigenvalue weighted by atomic mass is 10.1. The van der Waals surface area contributed by atoms with Gasteiger partial charge in [0, 0.05) is 13.1 Å². The van der Waals surface area contributed by atoms with E-state index < -0.39 is 0 Å². The molecule has 0 aromatic heterocycles. The van der Waals surface area contributed by atoms with Crippen LogP contribution in [0.2, 0.25) is 0 Å². The second kappa shape index (κ2) is 7.79. The Bertz CT molecular complexity index is 664. The number of nitrogens with one attached hydrogen (secondary N) is 1. The topological polar surface area (TPSA) is 52.6 Å². The average molecular weight is 312 g/mol. The zero-order chi connectivity index (χ0) is 16.8. The summed E-state index contributed by atoms with van der Waals surface area (Å²) >= 11 is 0. The van der Waals surface area contributed by atoms with Crippen molar-refractivity contribution in [2.75, 3.05) is 14.1 Å². The van der Waals surface area contributed by atoms with Gasteiger partial charge < -0.3 is 15.3 Å². The van der Waals surface area contributed by atoms with Crippen LogP contribution in [0.5, 0.6) is 5.75 Å².